The van der Waals surface area contributed by atoms with Gasteiger partial charge in [0.25, 0.3) is 5.91 Å². The van der Waals surface area contributed by atoms with Gasteiger partial charge in [-0.1, -0.05) is 35.9 Å². The topological polar surface area (TPSA) is 49.4 Å². The van der Waals surface area contributed by atoms with E-state index in [0.29, 0.717) is 10.7 Å². The zero-order valence-corrected chi connectivity index (χ0v) is 14.7. The minimum Gasteiger partial charge on any atom is -0.323 e. The second-order valence-electron chi connectivity index (χ2n) is 6.01. The highest BCUT2D eigenvalue weighted by Gasteiger charge is 2.60. The van der Waals surface area contributed by atoms with Crippen LogP contribution < -0.4 is 10.2 Å². The zero-order valence-electron chi connectivity index (χ0n) is 13.2. The number of para-hydroxylation sites is 1. The number of rotatable bonds is 1. The highest BCUT2D eigenvalue weighted by molar-refractivity contribution is 8.03. The molecule has 0 aliphatic carbocycles. The Morgan fingerprint density at radius 3 is 2.71 bits per heavy atom. The first kappa shape index (κ1) is 15.5. The standard InChI is InChI=1S/C18H15ClN2O2S/c1-10-7-8-12(9-14(10)19)21-16(22)11(2)24-18(21)13-5-3-4-6-15(13)20-17(18)23/h3-9,11H,1-2H3,(H,20,23)/t11-,18+/m0/s1. The van der Waals surface area contributed by atoms with Crippen LogP contribution in [0.4, 0.5) is 11.4 Å². The molecule has 6 heteroatoms. The van der Waals surface area contributed by atoms with Crippen molar-refractivity contribution < 1.29 is 9.59 Å². The molecule has 1 N–H and O–H groups in total. The first-order valence-corrected chi connectivity index (χ1v) is 8.90. The normalized spacial score (nSPS) is 25.3. The molecule has 2 aromatic rings. The molecule has 0 radical (unpaired) electrons. The molecule has 4 nitrogen and oxygen atoms in total. The fourth-order valence-corrected chi connectivity index (χ4v) is 4.94. The first-order chi connectivity index (χ1) is 11.4. The van der Waals surface area contributed by atoms with Crippen molar-refractivity contribution in [1.29, 1.82) is 0 Å². The number of nitrogens with one attached hydrogen (secondary N) is 1. The zero-order chi connectivity index (χ0) is 17.1. The van der Waals surface area contributed by atoms with E-state index in [9.17, 15) is 9.59 Å². The molecule has 2 aliphatic heterocycles. The Balaban J connectivity index is 1.95. The average molecular weight is 359 g/mol. The number of thioether (sulfide) groups is 1. The van der Waals surface area contributed by atoms with Gasteiger partial charge < -0.3 is 5.32 Å². The predicted octanol–water partition coefficient (Wildman–Crippen LogP) is 3.92. The highest BCUT2D eigenvalue weighted by Crippen LogP contribution is 2.56. The Morgan fingerprint density at radius 1 is 1.21 bits per heavy atom. The molecule has 1 spiro atoms. The van der Waals surface area contributed by atoms with E-state index in [-0.39, 0.29) is 17.1 Å². The lowest BCUT2D eigenvalue weighted by Gasteiger charge is -2.32. The van der Waals surface area contributed by atoms with Gasteiger partial charge in [0.1, 0.15) is 0 Å². The third kappa shape index (κ3) is 1.95. The van der Waals surface area contributed by atoms with Crippen molar-refractivity contribution in [2.45, 2.75) is 24.0 Å². The van der Waals surface area contributed by atoms with E-state index in [2.05, 4.69) is 5.32 Å². The number of benzene rings is 2. The van der Waals surface area contributed by atoms with Crippen LogP contribution in [0.25, 0.3) is 0 Å². The molecule has 0 bridgehead atoms. The molecule has 0 unspecified atom stereocenters. The fourth-order valence-electron chi connectivity index (χ4n) is 3.28. The molecule has 0 aromatic heterocycles. The van der Waals surface area contributed by atoms with E-state index in [1.165, 1.54) is 11.8 Å². The number of aryl methyl sites for hydroxylation is 1. The summed E-state index contributed by atoms with van der Waals surface area (Å²) < 4.78 is 0. The van der Waals surface area contributed by atoms with E-state index in [1.54, 1.807) is 11.0 Å². The molecule has 2 amide bonds. The van der Waals surface area contributed by atoms with Gasteiger partial charge in [-0.2, -0.15) is 0 Å². The van der Waals surface area contributed by atoms with Gasteiger partial charge in [-0.15, -0.1) is 11.8 Å². The highest BCUT2D eigenvalue weighted by atomic mass is 35.5. The lowest BCUT2D eigenvalue weighted by atomic mass is 10.0. The number of fused-ring (bicyclic) bond motifs is 2. The number of nitrogens with zero attached hydrogens (tertiary/aromatic N) is 1. The van der Waals surface area contributed by atoms with Gasteiger partial charge in [-0.05, 0) is 37.6 Å². The first-order valence-electron chi connectivity index (χ1n) is 7.64. The van der Waals surface area contributed by atoms with Crippen LogP contribution in [0.15, 0.2) is 42.5 Å². The summed E-state index contributed by atoms with van der Waals surface area (Å²) in [4.78, 5) is 26.3. The number of halogens is 1. The summed E-state index contributed by atoms with van der Waals surface area (Å²) in [6.07, 6.45) is 0. The van der Waals surface area contributed by atoms with Gasteiger partial charge in [-0.25, -0.2) is 0 Å². The number of amides is 2. The van der Waals surface area contributed by atoms with Crippen LogP contribution >= 0.6 is 23.4 Å². The Hall–Kier alpha value is -1.98. The van der Waals surface area contributed by atoms with Gasteiger partial charge in [-0.3, -0.25) is 14.5 Å². The molecule has 24 heavy (non-hydrogen) atoms. The summed E-state index contributed by atoms with van der Waals surface area (Å²) in [5.41, 5.74) is 3.13. The maximum Gasteiger partial charge on any atom is 0.266 e. The largest absolute Gasteiger partial charge is 0.323 e. The third-order valence-corrected chi connectivity index (χ3v) is 6.38. The quantitative estimate of drug-likeness (QED) is 0.840. The van der Waals surface area contributed by atoms with Crippen LogP contribution in [0.2, 0.25) is 5.02 Å². The Bertz CT molecular complexity index is 885. The van der Waals surface area contributed by atoms with Gasteiger partial charge in [0.2, 0.25) is 10.8 Å². The summed E-state index contributed by atoms with van der Waals surface area (Å²) >= 11 is 7.63. The second kappa shape index (κ2) is 5.26. The number of carbonyl (C=O) groups is 2. The van der Waals surface area contributed by atoms with Crippen molar-refractivity contribution >= 4 is 46.6 Å². The van der Waals surface area contributed by atoms with E-state index in [1.807, 2.05) is 50.2 Å². The van der Waals surface area contributed by atoms with E-state index >= 15 is 0 Å². The van der Waals surface area contributed by atoms with Crippen LogP contribution in [0.3, 0.4) is 0 Å². The maximum absolute atomic E-state index is 12.9. The molecule has 0 saturated carbocycles. The minimum absolute atomic E-state index is 0.0910. The molecule has 2 aliphatic rings. The van der Waals surface area contributed by atoms with E-state index < -0.39 is 4.87 Å². The summed E-state index contributed by atoms with van der Waals surface area (Å²) in [5.74, 6) is -0.283. The minimum atomic E-state index is -1.08. The Labute approximate surface area is 149 Å². The van der Waals surface area contributed by atoms with Crippen molar-refractivity contribution in [2.24, 2.45) is 0 Å². The molecule has 2 heterocycles. The van der Waals surface area contributed by atoms with Gasteiger partial charge in [0.15, 0.2) is 0 Å². The Kier molecular flexibility index (Phi) is 3.41. The summed E-state index contributed by atoms with van der Waals surface area (Å²) in [6, 6.07) is 13.0. The lowest BCUT2D eigenvalue weighted by molar-refractivity contribution is -0.122. The van der Waals surface area contributed by atoms with Crippen molar-refractivity contribution in [1.82, 2.24) is 0 Å². The van der Waals surface area contributed by atoms with Crippen molar-refractivity contribution in [3.8, 4) is 0 Å². The summed E-state index contributed by atoms with van der Waals surface area (Å²) in [5, 5.41) is 3.17. The SMILES string of the molecule is Cc1ccc(N2C(=O)[C@H](C)S[C@]23C(=O)Nc2ccccc23)cc1Cl. The number of hydrogen-bond donors (Lipinski definition) is 1. The van der Waals surface area contributed by atoms with Gasteiger partial charge in [0.05, 0.1) is 5.25 Å². The molecule has 2 aromatic carbocycles. The lowest BCUT2D eigenvalue weighted by Crippen LogP contribution is -2.47. The predicted molar refractivity (Wildman–Crippen MR) is 97.5 cm³/mol. The third-order valence-electron chi connectivity index (χ3n) is 4.49. The monoisotopic (exact) mass is 358 g/mol. The molecular formula is C18H15ClN2O2S. The van der Waals surface area contributed by atoms with Crippen LogP contribution in [-0.4, -0.2) is 17.1 Å². The number of hydrogen-bond acceptors (Lipinski definition) is 3. The second-order valence-corrected chi connectivity index (χ2v) is 7.95. The molecule has 2 atom stereocenters. The Morgan fingerprint density at radius 2 is 1.96 bits per heavy atom. The molecular weight excluding hydrogens is 344 g/mol. The van der Waals surface area contributed by atoms with E-state index in [4.69, 9.17) is 11.6 Å². The van der Waals surface area contributed by atoms with Crippen molar-refractivity contribution in [3.63, 3.8) is 0 Å². The fraction of sp³-hybridized carbons (Fsp3) is 0.222. The average Bonchev–Trinajstić information content (AvgIpc) is 2.98. The molecule has 4 rings (SSSR count). The smallest absolute Gasteiger partial charge is 0.266 e. The van der Waals surface area contributed by atoms with Crippen molar-refractivity contribution in [2.75, 3.05) is 10.2 Å². The van der Waals surface area contributed by atoms with Gasteiger partial charge in [0, 0.05) is 22.0 Å². The summed E-state index contributed by atoms with van der Waals surface area (Å²) in [6.45, 7) is 3.74. The number of anilines is 2. The molecule has 122 valence electrons. The van der Waals surface area contributed by atoms with Gasteiger partial charge >= 0.3 is 0 Å². The molecule has 1 fully saturated rings. The maximum atomic E-state index is 12.9. The van der Waals surface area contributed by atoms with Crippen LogP contribution in [-0.2, 0) is 14.5 Å². The number of carbonyl (C=O) groups excluding carboxylic acids is 2. The molecule has 1 saturated heterocycles. The van der Waals surface area contributed by atoms with Crippen LogP contribution in [0.5, 0.6) is 0 Å². The van der Waals surface area contributed by atoms with Crippen LogP contribution in [0, 0.1) is 6.92 Å². The summed E-state index contributed by atoms with van der Waals surface area (Å²) in [7, 11) is 0. The van der Waals surface area contributed by atoms with Crippen molar-refractivity contribution in [3.05, 3.63) is 58.6 Å². The van der Waals surface area contributed by atoms with Crippen LogP contribution in [0.1, 0.15) is 18.1 Å². The van der Waals surface area contributed by atoms with E-state index in [0.717, 1.165) is 16.8 Å².